The summed E-state index contributed by atoms with van der Waals surface area (Å²) in [6.45, 7) is 6.00. The standard InChI is InChI=1S/C16H22N4O/c1-4-8-18-11-13-10-12(2)5-6-15(13)20-9-7-14(19-20)16(21)17-3/h5-7,9-10,18H,4,8,11H2,1-3H3,(H,17,21). The number of aromatic nitrogens is 2. The van der Waals surface area contributed by atoms with E-state index < -0.39 is 0 Å². The topological polar surface area (TPSA) is 59.0 Å². The maximum Gasteiger partial charge on any atom is 0.271 e. The lowest BCUT2D eigenvalue weighted by Gasteiger charge is -2.11. The fourth-order valence-corrected chi connectivity index (χ4v) is 2.19. The van der Waals surface area contributed by atoms with Gasteiger partial charge in [0, 0.05) is 19.8 Å². The number of benzene rings is 1. The van der Waals surface area contributed by atoms with Crippen LogP contribution in [-0.4, -0.2) is 29.3 Å². The van der Waals surface area contributed by atoms with Crippen molar-refractivity contribution in [1.82, 2.24) is 20.4 Å². The predicted molar refractivity (Wildman–Crippen MR) is 83.7 cm³/mol. The molecule has 2 rings (SSSR count). The van der Waals surface area contributed by atoms with Crippen LogP contribution in [0.3, 0.4) is 0 Å². The molecule has 1 aromatic heterocycles. The smallest absolute Gasteiger partial charge is 0.271 e. The van der Waals surface area contributed by atoms with Crippen LogP contribution in [0, 0.1) is 6.92 Å². The first-order chi connectivity index (χ1) is 10.2. The van der Waals surface area contributed by atoms with E-state index in [0.29, 0.717) is 5.69 Å². The molecule has 5 nitrogen and oxygen atoms in total. The Bertz CT molecular complexity index is 618. The van der Waals surface area contributed by atoms with Gasteiger partial charge in [0.15, 0.2) is 5.69 Å². The first-order valence-electron chi connectivity index (χ1n) is 7.24. The number of nitrogens with zero attached hydrogens (tertiary/aromatic N) is 2. The molecule has 1 heterocycles. The lowest BCUT2D eigenvalue weighted by molar-refractivity contribution is 0.0957. The van der Waals surface area contributed by atoms with Crippen molar-refractivity contribution < 1.29 is 4.79 Å². The normalized spacial score (nSPS) is 10.6. The Balaban J connectivity index is 2.29. The number of nitrogens with one attached hydrogen (secondary N) is 2. The number of carbonyl (C=O) groups is 1. The number of amides is 1. The number of hydrogen-bond donors (Lipinski definition) is 2. The lowest BCUT2D eigenvalue weighted by atomic mass is 10.1. The van der Waals surface area contributed by atoms with E-state index in [1.807, 2.05) is 12.3 Å². The van der Waals surface area contributed by atoms with Crippen LogP contribution in [0.15, 0.2) is 30.5 Å². The number of rotatable bonds is 6. The van der Waals surface area contributed by atoms with Crippen LogP contribution in [0.5, 0.6) is 0 Å². The van der Waals surface area contributed by atoms with Crippen LogP contribution < -0.4 is 10.6 Å². The summed E-state index contributed by atoms with van der Waals surface area (Å²) in [6.07, 6.45) is 2.92. The number of carbonyl (C=O) groups excluding carboxylic acids is 1. The van der Waals surface area contributed by atoms with Crippen molar-refractivity contribution in [3.8, 4) is 5.69 Å². The Labute approximate surface area is 125 Å². The Morgan fingerprint density at radius 2 is 2.14 bits per heavy atom. The van der Waals surface area contributed by atoms with Gasteiger partial charge in [-0.3, -0.25) is 4.79 Å². The zero-order valence-corrected chi connectivity index (χ0v) is 12.8. The van der Waals surface area contributed by atoms with Gasteiger partial charge in [-0.25, -0.2) is 4.68 Å². The Morgan fingerprint density at radius 3 is 2.86 bits per heavy atom. The summed E-state index contributed by atoms with van der Waals surface area (Å²) in [6, 6.07) is 7.97. The molecule has 0 aliphatic carbocycles. The van der Waals surface area contributed by atoms with Gasteiger partial charge in [0.2, 0.25) is 0 Å². The van der Waals surface area contributed by atoms with Gasteiger partial charge in [-0.05, 0) is 37.6 Å². The Morgan fingerprint density at radius 1 is 1.33 bits per heavy atom. The van der Waals surface area contributed by atoms with E-state index in [1.54, 1.807) is 17.8 Å². The van der Waals surface area contributed by atoms with Crippen molar-refractivity contribution in [2.24, 2.45) is 0 Å². The summed E-state index contributed by atoms with van der Waals surface area (Å²) >= 11 is 0. The Kier molecular flexibility index (Phi) is 5.11. The molecule has 112 valence electrons. The minimum Gasteiger partial charge on any atom is -0.354 e. The highest BCUT2D eigenvalue weighted by atomic mass is 16.1. The second-order valence-corrected chi connectivity index (χ2v) is 5.03. The molecule has 1 aromatic carbocycles. The van der Waals surface area contributed by atoms with Gasteiger partial charge < -0.3 is 10.6 Å². The average molecular weight is 286 g/mol. The fourth-order valence-electron chi connectivity index (χ4n) is 2.19. The van der Waals surface area contributed by atoms with Crippen molar-refractivity contribution in [2.45, 2.75) is 26.8 Å². The second kappa shape index (κ2) is 7.04. The first-order valence-corrected chi connectivity index (χ1v) is 7.24. The lowest BCUT2D eigenvalue weighted by Crippen LogP contribution is -2.19. The third-order valence-electron chi connectivity index (χ3n) is 3.27. The third-order valence-corrected chi connectivity index (χ3v) is 3.27. The summed E-state index contributed by atoms with van der Waals surface area (Å²) in [5.41, 5.74) is 3.81. The average Bonchev–Trinajstić information content (AvgIpc) is 2.96. The summed E-state index contributed by atoms with van der Waals surface area (Å²) in [4.78, 5) is 11.6. The molecular weight excluding hydrogens is 264 g/mol. The molecule has 2 N–H and O–H groups in total. The van der Waals surface area contributed by atoms with Crippen LogP contribution in [0.2, 0.25) is 0 Å². The highest BCUT2D eigenvalue weighted by Crippen LogP contribution is 2.16. The quantitative estimate of drug-likeness (QED) is 0.799. The van der Waals surface area contributed by atoms with Crippen molar-refractivity contribution in [3.05, 3.63) is 47.3 Å². The van der Waals surface area contributed by atoms with Gasteiger partial charge in [0.25, 0.3) is 5.91 Å². The number of aryl methyl sites for hydroxylation is 1. The molecule has 0 radical (unpaired) electrons. The predicted octanol–water partition coefficient (Wildman–Crippen LogP) is 2.04. The van der Waals surface area contributed by atoms with Crippen molar-refractivity contribution in [1.29, 1.82) is 0 Å². The molecule has 0 aliphatic rings. The van der Waals surface area contributed by atoms with Gasteiger partial charge in [-0.2, -0.15) is 5.10 Å². The molecule has 5 heteroatoms. The zero-order chi connectivity index (χ0) is 15.2. The van der Waals surface area contributed by atoms with Crippen molar-refractivity contribution in [2.75, 3.05) is 13.6 Å². The van der Waals surface area contributed by atoms with Crippen LogP contribution in [0.25, 0.3) is 5.69 Å². The van der Waals surface area contributed by atoms with E-state index in [-0.39, 0.29) is 5.91 Å². The second-order valence-electron chi connectivity index (χ2n) is 5.03. The molecule has 0 aliphatic heterocycles. The van der Waals surface area contributed by atoms with Gasteiger partial charge in [0.1, 0.15) is 0 Å². The summed E-state index contributed by atoms with van der Waals surface area (Å²) in [5.74, 6) is -0.175. The van der Waals surface area contributed by atoms with Gasteiger partial charge in [-0.15, -0.1) is 0 Å². The molecule has 21 heavy (non-hydrogen) atoms. The van der Waals surface area contributed by atoms with E-state index in [1.165, 1.54) is 11.1 Å². The molecule has 0 saturated heterocycles. The number of hydrogen-bond acceptors (Lipinski definition) is 3. The molecular formula is C16H22N4O. The van der Waals surface area contributed by atoms with Crippen LogP contribution in [0.1, 0.15) is 35.0 Å². The van der Waals surface area contributed by atoms with E-state index in [2.05, 4.69) is 41.7 Å². The van der Waals surface area contributed by atoms with Crippen LogP contribution >= 0.6 is 0 Å². The van der Waals surface area contributed by atoms with Crippen molar-refractivity contribution in [3.63, 3.8) is 0 Å². The van der Waals surface area contributed by atoms with E-state index >= 15 is 0 Å². The minimum absolute atomic E-state index is 0.175. The molecule has 0 bridgehead atoms. The minimum atomic E-state index is -0.175. The van der Waals surface area contributed by atoms with E-state index in [9.17, 15) is 4.79 Å². The molecule has 0 fully saturated rings. The van der Waals surface area contributed by atoms with Gasteiger partial charge >= 0.3 is 0 Å². The van der Waals surface area contributed by atoms with E-state index in [4.69, 9.17) is 0 Å². The van der Waals surface area contributed by atoms with Crippen LogP contribution in [0.4, 0.5) is 0 Å². The summed E-state index contributed by atoms with van der Waals surface area (Å²) in [7, 11) is 1.60. The summed E-state index contributed by atoms with van der Waals surface area (Å²) < 4.78 is 1.76. The van der Waals surface area contributed by atoms with Crippen LogP contribution in [-0.2, 0) is 6.54 Å². The third kappa shape index (κ3) is 3.70. The molecule has 1 amide bonds. The largest absolute Gasteiger partial charge is 0.354 e. The molecule has 0 atom stereocenters. The molecule has 2 aromatic rings. The first kappa shape index (κ1) is 15.3. The maximum absolute atomic E-state index is 11.6. The highest BCUT2D eigenvalue weighted by molar-refractivity contribution is 5.91. The van der Waals surface area contributed by atoms with Crippen molar-refractivity contribution >= 4 is 5.91 Å². The highest BCUT2D eigenvalue weighted by Gasteiger charge is 2.10. The molecule has 0 spiro atoms. The monoisotopic (exact) mass is 286 g/mol. The summed E-state index contributed by atoms with van der Waals surface area (Å²) in [5, 5.41) is 10.3. The van der Waals surface area contributed by atoms with E-state index in [0.717, 1.165) is 25.2 Å². The molecule has 0 saturated carbocycles. The Hall–Kier alpha value is -2.14. The fraction of sp³-hybridized carbons (Fsp3) is 0.375. The zero-order valence-electron chi connectivity index (χ0n) is 12.8. The SMILES string of the molecule is CCCNCc1cc(C)ccc1-n1ccc(C(=O)NC)n1. The maximum atomic E-state index is 11.6. The van der Waals surface area contributed by atoms with Gasteiger partial charge in [0.05, 0.1) is 5.69 Å². The molecule has 0 unspecified atom stereocenters. The van der Waals surface area contributed by atoms with Gasteiger partial charge in [-0.1, -0.05) is 24.6 Å².